The topological polar surface area (TPSA) is 78.4 Å². The lowest BCUT2D eigenvalue weighted by molar-refractivity contribution is -0.139. The van der Waals surface area contributed by atoms with Gasteiger partial charge in [-0.15, -0.1) is 0 Å². The number of amides is 2. The summed E-state index contributed by atoms with van der Waals surface area (Å²) in [6.07, 6.45) is 0.320. The molecule has 2 amide bonds. The van der Waals surface area contributed by atoms with Gasteiger partial charge in [0.15, 0.2) is 0 Å². The lowest BCUT2D eigenvalue weighted by Gasteiger charge is -2.14. The Bertz CT molecular complexity index is 468. The van der Waals surface area contributed by atoms with Gasteiger partial charge in [0, 0.05) is 8.59 Å². The van der Waals surface area contributed by atoms with Crippen molar-refractivity contribution in [2.75, 3.05) is 5.32 Å². The van der Waals surface area contributed by atoms with E-state index in [1.165, 1.54) is 0 Å². The summed E-state index contributed by atoms with van der Waals surface area (Å²) in [5.74, 6) is -1.06. The molecule has 0 saturated heterocycles. The Morgan fingerprint density at radius 2 is 2.17 bits per heavy atom. The molecule has 0 saturated carbocycles. The Kier molecular flexibility index (Phi) is 5.67. The highest BCUT2D eigenvalue weighted by Gasteiger charge is 2.17. The van der Waals surface area contributed by atoms with E-state index in [0.29, 0.717) is 17.1 Å². The molecule has 7 heteroatoms. The molecule has 0 unspecified atom stereocenters. The third-order valence-corrected chi connectivity index (χ3v) is 3.32. The third-order valence-electron chi connectivity index (χ3n) is 2.19. The number of carboxylic acid groups (broad SMARTS) is 1. The highest BCUT2D eigenvalue weighted by Crippen LogP contribution is 2.22. The van der Waals surface area contributed by atoms with E-state index in [-0.39, 0.29) is 0 Å². The van der Waals surface area contributed by atoms with Crippen molar-refractivity contribution < 1.29 is 14.7 Å². The van der Waals surface area contributed by atoms with Crippen molar-refractivity contribution in [1.29, 1.82) is 0 Å². The van der Waals surface area contributed by atoms with E-state index >= 15 is 0 Å². The van der Waals surface area contributed by atoms with E-state index in [4.69, 9.17) is 16.7 Å². The Morgan fingerprint density at radius 3 is 2.67 bits per heavy atom. The zero-order chi connectivity index (χ0) is 13.7. The van der Waals surface area contributed by atoms with E-state index in [2.05, 4.69) is 10.6 Å². The van der Waals surface area contributed by atoms with Crippen LogP contribution in [-0.2, 0) is 4.79 Å². The number of anilines is 1. The first-order chi connectivity index (χ1) is 8.43. The standard InChI is InChI=1S/C11H12ClIN2O3/c1-2-8(10(16)17)14-11(18)15-9-4-3-6(12)5-7(9)13/h3-5,8H,2H2,1H3,(H,16,17)(H2,14,15,18)/t8-/m1/s1. The second kappa shape index (κ2) is 6.79. The van der Waals surface area contributed by atoms with E-state index in [1.807, 2.05) is 22.6 Å². The zero-order valence-corrected chi connectivity index (χ0v) is 12.4. The van der Waals surface area contributed by atoms with Gasteiger partial charge >= 0.3 is 12.0 Å². The minimum atomic E-state index is -1.06. The van der Waals surface area contributed by atoms with Gasteiger partial charge in [-0.1, -0.05) is 18.5 Å². The Morgan fingerprint density at radius 1 is 1.50 bits per heavy atom. The van der Waals surface area contributed by atoms with Gasteiger partial charge in [-0.3, -0.25) is 0 Å². The molecule has 5 nitrogen and oxygen atoms in total. The van der Waals surface area contributed by atoms with Crippen LogP contribution in [0, 0.1) is 3.57 Å². The van der Waals surface area contributed by atoms with Crippen LogP contribution in [0.2, 0.25) is 5.02 Å². The SMILES string of the molecule is CC[C@@H](NC(=O)Nc1ccc(Cl)cc1I)C(=O)O. The van der Waals surface area contributed by atoms with Crippen molar-refractivity contribution in [3.8, 4) is 0 Å². The van der Waals surface area contributed by atoms with Crippen molar-refractivity contribution in [3.63, 3.8) is 0 Å². The second-order valence-corrected chi connectivity index (χ2v) is 5.12. The molecule has 0 aliphatic rings. The number of benzene rings is 1. The molecule has 1 atom stereocenters. The number of aliphatic carboxylic acids is 1. The van der Waals surface area contributed by atoms with Crippen LogP contribution in [0.25, 0.3) is 0 Å². The number of nitrogens with one attached hydrogen (secondary N) is 2. The van der Waals surface area contributed by atoms with Crippen molar-refractivity contribution in [1.82, 2.24) is 5.32 Å². The quantitative estimate of drug-likeness (QED) is 0.701. The fraction of sp³-hybridized carbons (Fsp3) is 0.273. The van der Waals surface area contributed by atoms with Gasteiger partial charge in [0.2, 0.25) is 0 Å². The maximum Gasteiger partial charge on any atom is 0.326 e. The third kappa shape index (κ3) is 4.34. The molecule has 18 heavy (non-hydrogen) atoms. The number of carbonyl (C=O) groups is 2. The summed E-state index contributed by atoms with van der Waals surface area (Å²) in [7, 11) is 0. The predicted molar refractivity (Wildman–Crippen MR) is 78.0 cm³/mol. The van der Waals surface area contributed by atoms with Crippen molar-refractivity contribution >= 4 is 51.9 Å². The van der Waals surface area contributed by atoms with Crippen molar-refractivity contribution in [3.05, 3.63) is 26.8 Å². The summed E-state index contributed by atoms with van der Waals surface area (Å²) in [5, 5.41) is 14.3. The van der Waals surface area contributed by atoms with Gasteiger partial charge in [0.1, 0.15) is 6.04 Å². The van der Waals surface area contributed by atoms with E-state index in [0.717, 1.165) is 3.57 Å². The monoisotopic (exact) mass is 382 g/mol. The summed E-state index contributed by atoms with van der Waals surface area (Å²) in [6.45, 7) is 1.69. The number of halogens is 2. The van der Waals surface area contributed by atoms with Crippen LogP contribution in [0.5, 0.6) is 0 Å². The van der Waals surface area contributed by atoms with Gasteiger partial charge < -0.3 is 15.7 Å². The normalized spacial score (nSPS) is 11.7. The molecule has 1 aromatic carbocycles. The number of hydrogen-bond donors (Lipinski definition) is 3. The van der Waals surface area contributed by atoms with E-state index < -0.39 is 18.0 Å². The minimum absolute atomic E-state index is 0.320. The first-order valence-electron chi connectivity index (χ1n) is 5.19. The molecular weight excluding hydrogens is 370 g/mol. The molecule has 0 aromatic heterocycles. The highest BCUT2D eigenvalue weighted by atomic mass is 127. The maximum atomic E-state index is 11.6. The molecule has 1 rings (SSSR count). The molecule has 0 heterocycles. The van der Waals surface area contributed by atoms with Crippen LogP contribution < -0.4 is 10.6 Å². The van der Waals surface area contributed by atoms with Gasteiger partial charge in [-0.2, -0.15) is 0 Å². The second-order valence-electron chi connectivity index (χ2n) is 3.52. The summed E-state index contributed by atoms with van der Waals surface area (Å²) in [5.41, 5.74) is 0.581. The number of rotatable bonds is 4. The summed E-state index contributed by atoms with van der Waals surface area (Å²) >= 11 is 7.82. The van der Waals surface area contributed by atoms with Gasteiger partial charge in [0.05, 0.1) is 5.69 Å². The number of carboxylic acids is 1. The Balaban J connectivity index is 2.67. The fourth-order valence-corrected chi connectivity index (χ4v) is 2.25. The summed E-state index contributed by atoms with van der Waals surface area (Å²) in [4.78, 5) is 22.4. The number of hydrogen-bond acceptors (Lipinski definition) is 2. The molecule has 1 aromatic rings. The zero-order valence-electron chi connectivity index (χ0n) is 9.54. The van der Waals surface area contributed by atoms with Crippen LogP contribution in [0.1, 0.15) is 13.3 Å². The molecule has 0 bridgehead atoms. The summed E-state index contributed by atoms with van der Waals surface area (Å²) < 4.78 is 0.777. The molecule has 3 N–H and O–H groups in total. The molecule has 0 radical (unpaired) electrons. The van der Waals surface area contributed by atoms with E-state index in [1.54, 1.807) is 25.1 Å². The van der Waals surface area contributed by atoms with Gasteiger partial charge in [-0.25, -0.2) is 9.59 Å². The lowest BCUT2D eigenvalue weighted by Crippen LogP contribution is -2.42. The van der Waals surface area contributed by atoms with Crippen LogP contribution >= 0.6 is 34.2 Å². The first-order valence-corrected chi connectivity index (χ1v) is 6.65. The van der Waals surface area contributed by atoms with Crippen LogP contribution in [-0.4, -0.2) is 23.1 Å². The first kappa shape index (κ1) is 15.0. The minimum Gasteiger partial charge on any atom is -0.480 e. The predicted octanol–water partition coefficient (Wildman–Crippen LogP) is 2.93. The molecule has 0 aliphatic carbocycles. The fourth-order valence-electron chi connectivity index (χ4n) is 1.25. The maximum absolute atomic E-state index is 11.6. The summed E-state index contributed by atoms with van der Waals surface area (Å²) in [6, 6.07) is 3.56. The molecule has 0 fully saturated rings. The van der Waals surface area contributed by atoms with Crippen molar-refractivity contribution in [2.24, 2.45) is 0 Å². The van der Waals surface area contributed by atoms with Crippen molar-refractivity contribution in [2.45, 2.75) is 19.4 Å². The Labute approximate surface area is 123 Å². The van der Waals surface area contributed by atoms with E-state index in [9.17, 15) is 9.59 Å². The van der Waals surface area contributed by atoms with Gasteiger partial charge in [0.25, 0.3) is 0 Å². The molecule has 0 aliphatic heterocycles. The Hall–Kier alpha value is -1.02. The van der Waals surface area contributed by atoms with Gasteiger partial charge in [-0.05, 0) is 47.2 Å². The highest BCUT2D eigenvalue weighted by molar-refractivity contribution is 14.1. The average molecular weight is 383 g/mol. The molecule has 0 spiro atoms. The van der Waals surface area contributed by atoms with Crippen LogP contribution in [0.4, 0.5) is 10.5 Å². The molecule has 98 valence electrons. The largest absolute Gasteiger partial charge is 0.480 e. The number of urea groups is 1. The lowest BCUT2D eigenvalue weighted by atomic mass is 10.2. The smallest absolute Gasteiger partial charge is 0.326 e. The molecular formula is C11H12ClIN2O3. The number of carbonyl (C=O) groups excluding carboxylic acids is 1. The average Bonchev–Trinajstić information content (AvgIpc) is 2.29. The van der Waals surface area contributed by atoms with Crippen LogP contribution in [0.15, 0.2) is 18.2 Å². The van der Waals surface area contributed by atoms with Crippen LogP contribution in [0.3, 0.4) is 0 Å².